The Balaban J connectivity index is 0. The van der Waals surface area contributed by atoms with Gasteiger partial charge in [-0.05, 0) is 31.9 Å². The van der Waals surface area contributed by atoms with Crippen LogP contribution in [0, 0.1) is 0 Å². The van der Waals surface area contributed by atoms with Crippen LogP contribution in [0.4, 0.5) is 0 Å². The Hall–Kier alpha value is 2.08. The normalized spacial score (nSPS) is 12.7. The molecule has 0 saturated carbocycles. The maximum absolute atomic E-state index is 5.38. The van der Waals surface area contributed by atoms with Gasteiger partial charge in [-0.2, -0.15) is 0 Å². The summed E-state index contributed by atoms with van der Waals surface area (Å²) in [5.41, 5.74) is 0. The molecular weight excluding hydrogens is 340 g/mol. The fraction of sp³-hybridized carbons (Fsp3) is 1.00. The first-order chi connectivity index (χ1) is 3.25. The molecule has 0 fully saturated rings. The fourth-order valence-corrected chi connectivity index (χ4v) is 0. The minimum absolute atomic E-state index is 0. The van der Waals surface area contributed by atoms with Crippen molar-refractivity contribution in [3.8, 4) is 0 Å². The van der Waals surface area contributed by atoms with Crippen LogP contribution >= 0.6 is 78.3 Å². The smallest absolute Gasteiger partial charge is 0.214 e. The highest BCUT2D eigenvalue weighted by atomic mass is 79.9. The van der Waals surface area contributed by atoms with Crippen molar-refractivity contribution < 1.29 is 0 Å². The van der Waals surface area contributed by atoms with E-state index >= 15 is 0 Å². The first kappa shape index (κ1) is 13.7. The molecule has 0 aliphatic heterocycles. The predicted molar refractivity (Wildman–Crippen MR) is 51.8 cm³/mol. The standard InChI is InChI=1S/C2Br2Cl4.H3N/c3-1(5,6)2(4,7)8;/h;1H3. The third kappa shape index (κ3) is 5.36. The number of rotatable bonds is 1. The molecule has 9 heavy (non-hydrogen) atoms. The first-order valence-electron chi connectivity index (χ1n) is 1.38. The summed E-state index contributed by atoms with van der Waals surface area (Å²) in [4.78, 5) is 0. The second kappa shape index (κ2) is 4.19. The highest BCUT2D eigenvalue weighted by Crippen LogP contribution is 2.51. The summed E-state index contributed by atoms with van der Waals surface area (Å²) >= 11 is 27.2. The number of alkyl halides is 6. The van der Waals surface area contributed by atoms with Gasteiger partial charge in [0.1, 0.15) is 0 Å². The van der Waals surface area contributed by atoms with Crippen LogP contribution in [0.1, 0.15) is 0 Å². The lowest BCUT2D eigenvalue weighted by Gasteiger charge is -2.20. The van der Waals surface area contributed by atoms with Crippen molar-refractivity contribution in [3.05, 3.63) is 0 Å². The summed E-state index contributed by atoms with van der Waals surface area (Å²) in [7, 11) is 0. The average Bonchev–Trinajstić information content (AvgIpc) is 1.25. The summed E-state index contributed by atoms with van der Waals surface area (Å²) in [6.07, 6.45) is 0. The summed E-state index contributed by atoms with van der Waals surface area (Å²) in [6.45, 7) is 0. The van der Waals surface area contributed by atoms with Gasteiger partial charge in [0.25, 0.3) is 0 Å². The quantitative estimate of drug-likeness (QED) is 0.712. The van der Waals surface area contributed by atoms with Crippen molar-refractivity contribution in [2.45, 2.75) is 6.49 Å². The highest BCUT2D eigenvalue weighted by molar-refractivity contribution is 9.14. The molecule has 0 saturated heterocycles. The van der Waals surface area contributed by atoms with Gasteiger partial charge in [-0.15, -0.1) is 0 Å². The predicted octanol–water partition coefficient (Wildman–Crippen LogP) is 4.20. The van der Waals surface area contributed by atoms with Gasteiger partial charge in [0, 0.05) is 0 Å². The molecule has 7 heteroatoms. The Morgan fingerprint density at radius 3 is 0.889 bits per heavy atom. The second-order valence-electron chi connectivity index (χ2n) is 0.996. The van der Waals surface area contributed by atoms with E-state index in [-0.39, 0.29) is 6.15 Å². The van der Waals surface area contributed by atoms with Crippen LogP contribution < -0.4 is 6.15 Å². The molecule has 0 heterocycles. The van der Waals surface area contributed by atoms with Crippen LogP contribution in [0.3, 0.4) is 0 Å². The van der Waals surface area contributed by atoms with Gasteiger partial charge in [0.15, 0.2) is 0 Å². The summed E-state index contributed by atoms with van der Waals surface area (Å²) in [5, 5.41) is 0. The molecule has 0 aliphatic carbocycles. The highest BCUT2D eigenvalue weighted by Gasteiger charge is 2.42. The van der Waals surface area contributed by atoms with Gasteiger partial charge in [-0.25, -0.2) is 0 Å². The minimum atomic E-state index is -1.36. The van der Waals surface area contributed by atoms with Crippen LogP contribution in [0.2, 0.25) is 0 Å². The van der Waals surface area contributed by atoms with Gasteiger partial charge in [0.05, 0.1) is 0 Å². The zero-order valence-electron chi connectivity index (χ0n) is 3.97. The van der Waals surface area contributed by atoms with Crippen molar-refractivity contribution in [2.24, 2.45) is 0 Å². The summed E-state index contributed by atoms with van der Waals surface area (Å²) in [5.74, 6) is 0. The molecule has 0 amide bonds. The van der Waals surface area contributed by atoms with Crippen LogP contribution in [-0.2, 0) is 0 Å². The van der Waals surface area contributed by atoms with Crippen LogP contribution in [-0.4, -0.2) is 6.49 Å². The third-order valence-corrected chi connectivity index (χ3v) is 4.48. The van der Waals surface area contributed by atoms with Crippen molar-refractivity contribution in [1.29, 1.82) is 0 Å². The summed E-state index contributed by atoms with van der Waals surface area (Å²) in [6, 6.07) is 0. The maximum atomic E-state index is 5.38. The maximum Gasteiger partial charge on any atom is 0.214 e. The van der Waals surface area contributed by atoms with E-state index in [0.717, 1.165) is 0 Å². The average molecular weight is 343 g/mol. The van der Waals surface area contributed by atoms with Crippen LogP contribution in [0.15, 0.2) is 0 Å². The SMILES string of the molecule is ClC(Cl)(Br)C(Cl)(Cl)Br.N. The molecule has 0 rings (SSSR count). The number of hydrogen-bond acceptors (Lipinski definition) is 1. The van der Waals surface area contributed by atoms with Gasteiger partial charge < -0.3 is 6.15 Å². The van der Waals surface area contributed by atoms with E-state index < -0.39 is 6.49 Å². The Morgan fingerprint density at radius 2 is 0.889 bits per heavy atom. The number of hydrogen-bond donors (Lipinski definition) is 1. The monoisotopic (exact) mass is 339 g/mol. The van der Waals surface area contributed by atoms with Gasteiger partial charge in [-0.1, -0.05) is 46.4 Å². The van der Waals surface area contributed by atoms with E-state index in [4.69, 9.17) is 46.4 Å². The van der Waals surface area contributed by atoms with E-state index in [1.807, 2.05) is 0 Å². The van der Waals surface area contributed by atoms with Gasteiger partial charge >= 0.3 is 0 Å². The molecular formula is C2H3Br2Cl4N. The Kier molecular flexibility index (Phi) is 6.36. The molecule has 58 valence electrons. The van der Waals surface area contributed by atoms with E-state index in [9.17, 15) is 0 Å². The van der Waals surface area contributed by atoms with E-state index in [1.54, 1.807) is 0 Å². The third-order valence-electron chi connectivity index (χ3n) is 0.321. The van der Waals surface area contributed by atoms with E-state index in [2.05, 4.69) is 31.9 Å². The Morgan fingerprint density at radius 1 is 0.778 bits per heavy atom. The largest absolute Gasteiger partial charge is 0.344 e. The van der Waals surface area contributed by atoms with Crippen molar-refractivity contribution in [2.75, 3.05) is 0 Å². The fourth-order valence-electron chi connectivity index (χ4n) is 0. The molecule has 0 aliphatic rings. The lowest BCUT2D eigenvalue weighted by molar-refractivity contribution is 1.18. The lowest BCUT2D eigenvalue weighted by atomic mass is 10.9. The Bertz CT molecular complexity index is 71.5. The molecule has 0 unspecified atom stereocenters. The van der Waals surface area contributed by atoms with Gasteiger partial charge in [-0.3, -0.25) is 0 Å². The van der Waals surface area contributed by atoms with Crippen molar-refractivity contribution in [3.63, 3.8) is 0 Å². The second-order valence-corrected chi connectivity index (χ2v) is 7.86. The molecule has 0 bridgehead atoms. The first-order valence-corrected chi connectivity index (χ1v) is 4.48. The van der Waals surface area contributed by atoms with Crippen LogP contribution in [0.5, 0.6) is 0 Å². The molecule has 0 radical (unpaired) electrons. The Labute approximate surface area is 90.2 Å². The zero-order valence-corrected chi connectivity index (χ0v) is 10.2. The van der Waals surface area contributed by atoms with Gasteiger partial charge in [0.2, 0.25) is 6.49 Å². The molecule has 0 atom stereocenters. The van der Waals surface area contributed by atoms with Crippen molar-refractivity contribution in [1.82, 2.24) is 6.15 Å². The van der Waals surface area contributed by atoms with Crippen molar-refractivity contribution >= 4 is 78.3 Å². The van der Waals surface area contributed by atoms with E-state index in [1.165, 1.54) is 0 Å². The molecule has 0 aromatic heterocycles. The topological polar surface area (TPSA) is 35.0 Å². The zero-order chi connectivity index (χ0) is 7.00. The van der Waals surface area contributed by atoms with Crippen LogP contribution in [0.25, 0.3) is 0 Å². The molecule has 0 spiro atoms. The molecule has 1 nitrogen and oxygen atoms in total. The summed E-state index contributed by atoms with van der Waals surface area (Å²) < 4.78 is -2.72. The number of halogens is 6. The molecule has 3 N–H and O–H groups in total. The molecule has 0 aromatic rings. The lowest BCUT2D eigenvalue weighted by Crippen LogP contribution is -2.22. The minimum Gasteiger partial charge on any atom is -0.344 e. The molecule has 0 aromatic carbocycles. The van der Waals surface area contributed by atoms with E-state index in [0.29, 0.717) is 0 Å².